The maximum atomic E-state index is 12.4. The Morgan fingerprint density at radius 1 is 1.21 bits per heavy atom. The van der Waals surface area contributed by atoms with E-state index < -0.39 is 23.3 Å². The van der Waals surface area contributed by atoms with Gasteiger partial charge in [0, 0.05) is 13.1 Å². The summed E-state index contributed by atoms with van der Waals surface area (Å²) < 4.78 is 19.1. The molecule has 3 rings (SSSR count). The zero-order valence-electron chi connectivity index (χ0n) is 16.2. The van der Waals surface area contributed by atoms with Crippen LogP contribution >= 0.6 is 0 Å². The highest BCUT2D eigenvalue weighted by Gasteiger charge is 2.25. The zero-order valence-corrected chi connectivity index (χ0v) is 16.2. The van der Waals surface area contributed by atoms with Crippen LogP contribution in [-0.4, -0.2) is 51.0 Å². The lowest BCUT2D eigenvalue weighted by atomic mass is 10.3. The van der Waals surface area contributed by atoms with Crippen LogP contribution in [0.25, 0.3) is 11.2 Å². The third-order valence-electron chi connectivity index (χ3n) is 4.57. The molecule has 1 N–H and O–H groups in total. The van der Waals surface area contributed by atoms with Gasteiger partial charge in [0.25, 0.3) is 5.56 Å². The largest absolute Gasteiger partial charge is 0.456 e. The van der Waals surface area contributed by atoms with E-state index in [1.165, 1.54) is 4.57 Å². The van der Waals surface area contributed by atoms with Gasteiger partial charge in [-0.3, -0.25) is 14.3 Å². The minimum absolute atomic E-state index is 0.116. The van der Waals surface area contributed by atoms with Gasteiger partial charge in [-0.1, -0.05) is 20.3 Å². The van der Waals surface area contributed by atoms with Crippen molar-refractivity contribution in [3.63, 3.8) is 0 Å². The van der Waals surface area contributed by atoms with Gasteiger partial charge in [-0.15, -0.1) is 0 Å². The summed E-state index contributed by atoms with van der Waals surface area (Å²) in [5.41, 5.74) is -0.335. The Bertz CT molecular complexity index is 938. The van der Waals surface area contributed by atoms with Crippen LogP contribution in [0.1, 0.15) is 38.9 Å². The van der Waals surface area contributed by atoms with Crippen LogP contribution in [0.2, 0.25) is 0 Å². The summed E-state index contributed by atoms with van der Waals surface area (Å²) in [4.78, 5) is 43.7. The first-order valence-corrected chi connectivity index (χ1v) is 9.65. The number of aromatic nitrogens is 4. The molecular weight excluding hydrogens is 368 g/mol. The van der Waals surface area contributed by atoms with Gasteiger partial charge in [0.1, 0.15) is 12.4 Å². The van der Waals surface area contributed by atoms with E-state index in [4.69, 9.17) is 14.2 Å². The van der Waals surface area contributed by atoms with Crippen molar-refractivity contribution in [3.8, 4) is 0 Å². The van der Waals surface area contributed by atoms with Crippen molar-refractivity contribution in [2.45, 2.75) is 58.9 Å². The number of aromatic amines is 1. The predicted molar refractivity (Wildman–Crippen MR) is 100 cm³/mol. The zero-order chi connectivity index (χ0) is 20.1. The van der Waals surface area contributed by atoms with Crippen molar-refractivity contribution in [1.29, 1.82) is 0 Å². The highest BCUT2D eigenvalue weighted by Crippen LogP contribution is 2.15. The van der Waals surface area contributed by atoms with Crippen LogP contribution in [-0.2, 0) is 38.7 Å². The van der Waals surface area contributed by atoms with Gasteiger partial charge in [-0.25, -0.2) is 14.6 Å². The molecule has 2 aromatic heterocycles. The summed E-state index contributed by atoms with van der Waals surface area (Å²) in [5.74, 6) is -0.115. The van der Waals surface area contributed by atoms with Crippen LogP contribution in [0.5, 0.6) is 0 Å². The molecule has 1 aliphatic rings. The first-order valence-electron chi connectivity index (χ1n) is 9.65. The third kappa shape index (κ3) is 4.17. The van der Waals surface area contributed by atoms with Crippen molar-refractivity contribution in [2.24, 2.45) is 0 Å². The first-order chi connectivity index (χ1) is 13.6. The number of rotatable bonds is 8. The van der Waals surface area contributed by atoms with Crippen LogP contribution in [0.4, 0.5) is 0 Å². The minimum Gasteiger partial charge on any atom is -0.456 e. The fourth-order valence-electron chi connectivity index (χ4n) is 3.17. The lowest BCUT2D eigenvalue weighted by Gasteiger charge is -2.21. The molecule has 0 spiro atoms. The second-order valence-corrected chi connectivity index (χ2v) is 6.66. The van der Waals surface area contributed by atoms with Gasteiger partial charge < -0.3 is 18.8 Å². The molecule has 2 aromatic rings. The van der Waals surface area contributed by atoms with Gasteiger partial charge in [0.15, 0.2) is 17.3 Å². The highest BCUT2D eigenvalue weighted by atomic mass is 16.6. The van der Waals surface area contributed by atoms with Gasteiger partial charge in [0.2, 0.25) is 0 Å². The molecule has 1 fully saturated rings. The topological polar surface area (TPSA) is 117 Å². The molecule has 1 aliphatic heterocycles. The lowest BCUT2D eigenvalue weighted by Crippen LogP contribution is -2.36. The Morgan fingerprint density at radius 3 is 2.71 bits per heavy atom. The number of carbonyl (C=O) groups excluding carboxylic acids is 1. The van der Waals surface area contributed by atoms with E-state index in [9.17, 15) is 14.4 Å². The molecule has 0 amide bonds. The van der Waals surface area contributed by atoms with Crippen LogP contribution in [0.3, 0.4) is 0 Å². The molecule has 0 aromatic carbocycles. The van der Waals surface area contributed by atoms with Crippen molar-refractivity contribution in [2.75, 3.05) is 19.8 Å². The summed E-state index contributed by atoms with van der Waals surface area (Å²) in [6.45, 7) is 5.79. The van der Waals surface area contributed by atoms with Crippen molar-refractivity contribution >= 4 is 17.1 Å². The van der Waals surface area contributed by atoms with Gasteiger partial charge in [0.05, 0.1) is 19.8 Å². The fraction of sp³-hybridized carbons (Fsp3) is 0.667. The number of hydrogen-bond donors (Lipinski definition) is 1. The quantitative estimate of drug-likeness (QED) is 0.650. The van der Waals surface area contributed by atoms with Crippen LogP contribution in [0.15, 0.2) is 9.59 Å². The molecule has 28 heavy (non-hydrogen) atoms. The summed E-state index contributed by atoms with van der Waals surface area (Å²) >= 11 is 0. The molecule has 0 aliphatic carbocycles. The molecule has 1 atom stereocenters. The molecule has 0 bridgehead atoms. The van der Waals surface area contributed by atoms with E-state index in [0.717, 1.165) is 19.3 Å². The van der Waals surface area contributed by atoms with Crippen molar-refractivity contribution < 1.29 is 19.0 Å². The van der Waals surface area contributed by atoms with Gasteiger partial charge in [-0.2, -0.15) is 0 Å². The number of nitrogens with one attached hydrogen (secondary N) is 1. The lowest BCUT2D eigenvalue weighted by molar-refractivity contribution is -0.172. The van der Waals surface area contributed by atoms with E-state index in [-0.39, 0.29) is 13.2 Å². The SMILES string of the molecule is CCCCn1c(=O)[nH]c(=O)c2c1nc(COC(=O)C1COCCO1)n2CCC. The number of fused-ring (bicyclic) bond motifs is 1. The standard InChI is InChI=1S/C18H26N4O6/c1-3-5-7-22-15-14(16(23)20-18(22)25)21(6-4-2)13(19-15)11-28-17(24)12-10-26-8-9-27-12/h12H,3-11H2,1-2H3,(H,20,23,25). The molecule has 10 heteroatoms. The Kier molecular flexibility index (Phi) is 6.63. The normalized spacial score (nSPS) is 17.1. The molecule has 1 saturated heterocycles. The minimum atomic E-state index is -0.760. The van der Waals surface area contributed by atoms with Crippen molar-refractivity contribution in [1.82, 2.24) is 19.1 Å². The Labute approximate surface area is 161 Å². The van der Waals surface area contributed by atoms with E-state index >= 15 is 0 Å². The molecule has 3 heterocycles. The number of aryl methyl sites for hydroxylation is 2. The maximum absolute atomic E-state index is 12.4. The summed E-state index contributed by atoms with van der Waals surface area (Å²) in [7, 11) is 0. The third-order valence-corrected chi connectivity index (χ3v) is 4.57. The molecule has 154 valence electrons. The summed E-state index contributed by atoms with van der Waals surface area (Å²) in [5, 5.41) is 0. The second kappa shape index (κ2) is 9.16. The number of hydrogen-bond acceptors (Lipinski definition) is 7. The van der Waals surface area contributed by atoms with Gasteiger partial charge >= 0.3 is 11.7 Å². The van der Waals surface area contributed by atoms with E-state index in [1.54, 1.807) is 4.57 Å². The molecule has 1 unspecified atom stereocenters. The number of unbranched alkanes of at least 4 members (excludes halogenated alkanes) is 1. The fourth-order valence-corrected chi connectivity index (χ4v) is 3.17. The first kappa shape index (κ1) is 20.3. The Morgan fingerprint density at radius 2 is 2.04 bits per heavy atom. The molecule has 0 radical (unpaired) electrons. The number of imidazole rings is 1. The average molecular weight is 394 g/mol. The highest BCUT2D eigenvalue weighted by molar-refractivity contribution is 5.75. The average Bonchev–Trinajstić information content (AvgIpc) is 3.05. The van der Waals surface area contributed by atoms with Crippen molar-refractivity contribution in [3.05, 3.63) is 26.7 Å². The number of esters is 1. The summed E-state index contributed by atoms with van der Waals surface area (Å²) in [6, 6.07) is 0. The number of ether oxygens (including phenoxy) is 3. The molecule has 0 saturated carbocycles. The number of H-pyrrole nitrogens is 1. The van der Waals surface area contributed by atoms with E-state index in [0.29, 0.717) is 43.3 Å². The summed E-state index contributed by atoms with van der Waals surface area (Å²) in [6.07, 6.45) is 1.67. The number of carbonyl (C=O) groups is 1. The monoisotopic (exact) mass is 394 g/mol. The second-order valence-electron chi connectivity index (χ2n) is 6.66. The molecule has 10 nitrogen and oxygen atoms in total. The van der Waals surface area contributed by atoms with E-state index in [2.05, 4.69) is 9.97 Å². The van der Waals surface area contributed by atoms with Crippen LogP contribution < -0.4 is 11.2 Å². The number of nitrogens with zero attached hydrogens (tertiary/aromatic N) is 3. The van der Waals surface area contributed by atoms with Gasteiger partial charge in [-0.05, 0) is 12.8 Å². The molecular formula is C18H26N4O6. The smallest absolute Gasteiger partial charge is 0.338 e. The Balaban J connectivity index is 1.93. The Hall–Kier alpha value is -2.46. The predicted octanol–water partition coefficient (Wildman–Crippen LogP) is 0.555. The van der Waals surface area contributed by atoms with Crippen LogP contribution in [0, 0.1) is 0 Å². The maximum Gasteiger partial charge on any atom is 0.338 e. The van der Waals surface area contributed by atoms with E-state index in [1.807, 2.05) is 13.8 Å².